The van der Waals surface area contributed by atoms with E-state index in [2.05, 4.69) is 18.1 Å². The van der Waals surface area contributed by atoms with Gasteiger partial charge in [-0.1, -0.05) is 76.5 Å². The normalized spacial score (nSPS) is 13.8. The van der Waals surface area contributed by atoms with Crippen molar-refractivity contribution in [2.24, 2.45) is 0 Å². The van der Waals surface area contributed by atoms with Crippen molar-refractivity contribution in [1.82, 2.24) is 0 Å². The molecule has 0 fully saturated rings. The topological polar surface area (TPSA) is 61.8 Å². The van der Waals surface area contributed by atoms with Gasteiger partial charge in [-0.2, -0.15) is 0 Å². The fourth-order valence-electron chi connectivity index (χ4n) is 2.85. The Kier molecular flexibility index (Phi) is 18.9. The van der Waals surface area contributed by atoms with Crippen LogP contribution in [0.1, 0.15) is 91.9 Å². The van der Waals surface area contributed by atoms with Crippen molar-refractivity contribution >= 4 is 27.8 Å². The standard InChI is InChI=1S/C21H40O5P2S/c1-5-9-10-11-12-13-14-15-16-17-19-29-20-18-21(27-22,24-6-2)28(23,25-7-3)26-8-4/h5-17,19H2,1-4H3. The van der Waals surface area contributed by atoms with Gasteiger partial charge in [-0.25, -0.2) is 0 Å². The van der Waals surface area contributed by atoms with Crippen LogP contribution in [0.25, 0.3) is 0 Å². The number of ether oxygens (including phenoxy) is 1. The predicted molar refractivity (Wildman–Crippen MR) is 125 cm³/mol. The van der Waals surface area contributed by atoms with Gasteiger partial charge in [0.05, 0.1) is 13.2 Å². The minimum Gasteiger partial charge on any atom is -0.343 e. The molecule has 0 N–H and O–H groups in total. The van der Waals surface area contributed by atoms with Gasteiger partial charge in [0.15, 0.2) is 0 Å². The van der Waals surface area contributed by atoms with Gasteiger partial charge in [-0.05, 0) is 38.4 Å². The van der Waals surface area contributed by atoms with Gasteiger partial charge in [-0.3, -0.25) is 9.13 Å². The van der Waals surface area contributed by atoms with E-state index in [1.54, 1.807) is 20.8 Å². The van der Waals surface area contributed by atoms with E-state index < -0.39 is 21.1 Å². The first-order valence-electron chi connectivity index (χ1n) is 11.1. The molecule has 1 unspecified atom stereocenters. The third-order valence-electron chi connectivity index (χ3n) is 4.32. The van der Waals surface area contributed by atoms with Crippen LogP contribution in [0.2, 0.25) is 0 Å². The number of unbranched alkanes of at least 4 members (excludes halogenated alkanes) is 9. The van der Waals surface area contributed by atoms with Gasteiger partial charge >= 0.3 is 12.7 Å². The Labute approximate surface area is 184 Å². The molecule has 0 aliphatic rings. The summed E-state index contributed by atoms with van der Waals surface area (Å²) < 4.78 is 41.2. The van der Waals surface area contributed by atoms with Gasteiger partial charge in [-0.15, -0.1) is 0 Å². The van der Waals surface area contributed by atoms with Crippen LogP contribution in [-0.4, -0.2) is 30.7 Å². The molecule has 0 saturated carbocycles. The summed E-state index contributed by atoms with van der Waals surface area (Å²) in [7, 11) is -4.31. The highest BCUT2D eigenvalue weighted by atomic mass is 32.2. The second kappa shape index (κ2) is 18.9. The fraction of sp³-hybridized carbons (Fsp3) is 0.905. The number of hydrogen-bond donors (Lipinski definition) is 0. The summed E-state index contributed by atoms with van der Waals surface area (Å²) in [6.45, 7) is 7.92. The monoisotopic (exact) mass is 466 g/mol. The van der Waals surface area contributed by atoms with Crippen LogP contribution < -0.4 is 0 Å². The molecule has 8 heteroatoms. The maximum Gasteiger partial charge on any atom is 0.387 e. The average Bonchev–Trinajstić information content (AvgIpc) is 2.71. The third kappa shape index (κ3) is 11.9. The highest BCUT2D eigenvalue weighted by Gasteiger charge is 2.53. The van der Waals surface area contributed by atoms with Crippen molar-refractivity contribution < 1.29 is 22.9 Å². The minimum atomic E-state index is -3.80. The third-order valence-corrected chi connectivity index (χ3v) is 8.71. The van der Waals surface area contributed by atoms with Crippen molar-refractivity contribution in [2.75, 3.05) is 25.6 Å². The van der Waals surface area contributed by atoms with Crippen molar-refractivity contribution in [3.05, 3.63) is 0 Å². The molecule has 0 spiro atoms. The van der Waals surface area contributed by atoms with Crippen LogP contribution in [0.5, 0.6) is 0 Å². The van der Waals surface area contributed by atoms with Crippen LogP contribution >= 0.6 is 27.8 Å². The quantitative estimate of drug-likeness (QED) is 0.110. The highest BCUT2D eigenvalue weighted by Crippen LogP contribution is 2.65. The first kappa shape index (κ1) is 29.1. The summed E-state index contributed by atoms with van der Waals surface area (Å²) in [5.74, 6) is 3.67. The number of hydrogen-bond acceptors (Lipinski definition) is 6. The molecule has 170 valence electrons. The highest BCUT2D eigenvalue weighted by molar-refractivity contribution is 8.03. The van der Waals surface area contributed by atoms with E-state index >= 15 is 0 Å². The molecule has 0 aromatic carbocycles. The van der Waals surface area contributed by atoms with Crippen molar-refractivity contribution in [3.8, 4) is 11.2 Å². The maximum atomic E-state index is 13.1. The SMILES string of the molecule is CCCCCCCCCCCCSC#CC(OCC)(P=O)P(=O)(OCC)OCC. The Morgan fingerprint density at radius 2 is 1.34 bits per heavy atom. The lowest BCUT2D eigenvalue weighted by molar-refractivity contribution is 0.0854. The Morgan fingerprint density at radius 1 is 0.828 bits per heavy atom. The van der Waals surface area contributed by atoms with Crippen LogP contribution in [0.15, 0.2) is 0 Å². The molecule has 0 saturated heterocycles. The fourth-order valence-corrected chi connectivity index (χ4v) is 6.28. The van der Waals surface area contributed by atoms with E-state index in [0.717, 1.165) is 12.2 Å². The molecular formula is C21H40O5P2S. The maximum absolute atomic E-state index is 13.1. The van der Waals surface area contributed by atoms with Crippen molar-refractivity contribution in [1.29, 1.82) is 0 Å². The van der Waals surface area contributed by atoms with Gasteiger partial charge < -0.3 is 13.8 Å². The Morgan fingerprint density at radius 3 is 1.79 bits per heavy atom. The van der Waals surface area contributed by atoms with E-state index in [0.29, 0.717) is 0 Å². The molecule has 0 aliphatic carbocycles. The summed E-state index contributed by atoms with van der Waals surface area (Å²) in [5, 5.41) is 1.15. The zero-order valence-electron chi connectivity index (χ0n) is 18.7. The summed E-state index contributed by atoms with van der Waals surface area (Å²) >= 11 is 1.43. The van der Waals surface area contributed by atoms with E-state index in [9.17, 15) is 9.13 Å². The second-order valence-corrected chi connectivity index (χ2v) is 10.9. The van der Waals surface area contributed by atoms with Crippen molar-refractivity contribution in [2.45, 2.75) is 97.0 Å². The number of rotatable bonds is 19. The molecule has 29 heavy (non-hydrogen) atoms. The molecule has 0 aromatic rings. The molecule has 0 radical (unpaired) electrons. The molecule has 0 aromatic heterocycles. The summed E-state index contributed by atoms with van der Waals surface area (Å²) in [5.41, 5.74) is 0. The lowest BCUT2D eigenvalue weighted by Gasteiger charge is -2.28. The predicted octanol–water partition coefficient (Wildman–Crippen LogP) is 7.85. The molecular weight excluding hydrogens is 426 g/mol. The Balaban J connectivity index is 4.38. The molecule has 0 amide bonds. The molecule has 0 rings (SSSR count). The summed E-state index contributed by atoms with van der Waals surface area (Å²) in [6, 6.07) is 0. The second-order valence-electron chi connectivity index (χ2n) is 6.72. The van der Waals surface area contributed by atoms with E-state index in [4.69, 9.17) is 13.8 Å². The zero-order chi connectivity index (χ0) is 21.8. The van der Waals surface area contributed by atoms with Crippen LogP contribution in [0.3, 0.4) is 0 Å². The van der Waals surface area contributed by atoms with E-state index in [1.165, 1.54) is 69.5 Å². The summed E-state index contributed by atoms with van der Waals surface area (Å²) in [4.78, 5) is 0. The Hall–Kier alpha value is 0.120. The summed E-state index contributed by atoms with van der Waals surface area (Å²) in [6.07, 6.45) is 12.9. The van der Waals surface area contributed by atoms with Crippen LogP contribution in [-0.2, 0) is 22.9 Å². The molecule has 0 aliphatic heterocycles. The smallest absolute Gasteiger partial charge is 0.343 e. The van der Waals surface area contributed by atoms with Gasteiger partial charge in [0.25, 0.3) is 0 Å². The Bertz CT molecular complexity index is 511. The van der Waals surface area contributed by atoms with Gasteiger partial charge in [0.2, 0.25) is 8.46 Å². The number of thioether (sulfide) groups is 1. The van der Waals surface area contributed by atoms with Crippen LogP contribution in [0, 0.1) is 11.2 Å². The lowest BCUT2D eigenvalue weighted by atomic mass is 10.1. The largest absolute Gasteiger partial charge is 0.387 e. The van der Waals surface area contributed by atoms with Crippen LogP contribution in [0.4, 0.5) is 0 Å². The lowest BCUT2D eigenvalue weighted by Crippen LogP contribution is -2.27. The first-order chi connectivity index (χ1) is 14.1. The molecule has 0 heterocycles. The first-order valence-corrected chi connectivity index (χ1v) is 14.4. The molecule has 1 atom stereocenters. The molecule has 5 nitrogen and oxygen atoms in total. The van der Waals surface area contributed by atoms with Gasteiger partial charge in [0, 0.05) is 12.4 Å². The zero-order valence-corrected chi connectivity index (χ0v) is 21.3. The van der Waals surface area contributed by atoms with Gasteiger partial charge in [0.1, 0.15) is 0 Å². The average molecular weight is 467 g/mol. The molecule has 0 bridgehead atoms. The van der Waals surface area contributed by atoms with E-state index in [1.807, 2.05) is 0 Å². The van der Waals surface area contributed by atoms with Crippen molar-refractivity contribution in [3.63, 3.8) is 0 Å². The van der Waals surface area contributed by atoms with E-state index in [-0.39, 0.29) is 19.8 Å². The minimum absolute atomic E-state index is 0.162.